The second-order valence-electron chi connectivity index (χ2n) is 5.85. The SMILES string of the molecule is CCC(c1ccc(C)cc1)C(CC)c1ccc(C)cc1. The minimum Gasteiger partial charge on any atom is -0.0648 e. The minimum atomic E-state index is 0.614. The molecule has 2 unspecified atom stereocenters. The second kappa shape index (κ2) is 6.74. The fourth-order valence-corrected chi connectivity index (χ4v) is 3.13. The summed E-state index contributed by atoms with van der Waals surface area (Å²) in [4.78, 5) is 0. The largest absolute Gasteiger partial charge is 0.0648 e. The highest BCUT2D eigenvalue weighted by Gasteiger charge is 2.21. The molecule has 0 aliphatic carbocycles. The van der Waals surface area contributed by atoms with E-state index in [-0.39, 0.29) is 0 Å². The van der Waals surface area contributed by atoms with Crippen LogP contribution in [0.2, 0.25) is 0 Å². The monoisotopic (exact) mass is 266 g/mol. The molecule has 0 N–H and O–H groups in total. The summed E-state index contributed by atoms with van der Waals surface area (Å²) in [5, 5.41) is 0. The quantitative estimate of drug-likeness (QED) is 0.623. The van der Waals surface area contributed by atoms with Crippen LogP contribution in [0, 0.1) is 13.8 Å². The molecule has 20 heavy (non-hydrogen) atoms. The van der Waals surface area contributed by atoms with E-state index in [1.54, 1.807) is 0 Å². The summed E-state index contributed by atoms with van der Waals surface area (Å²) in [5.41, 5.74) is 5.63. The van der Waals surface area contributed by atoms with Gasteiger partial charge in [-0.25, -0.2) is 0 Å². The van der Waals surface area contributed by atoms with Crippen molar-refractivity contribution in [2.45, 2.75) is 52.4 Å². The third-order valence-electron chi connectivity index (χ3n) is 4.38. The van der Waals surface area contributed by atoms with Gasteiger partial charge in [0, 0.05) is 0 Å². The zero-order valence-electron chi connectivity index (χ0n) is 13.2. The Kier molecular flexibility index (Phi) is 5.00. The van der Waals surface area contributed by atoms with E-state index in [4.69, 9.17) is 0 Å². The highest BCUT2D eigenvalue weighted by molar-refractivity contribution is 5.31. The number of hydrogen-bond donors (Lipinski definition) is 0. The van der Waals surface area contributed by atoms with Crippen molar-refractivity contribution in [2.24, 2.45) is 0 Å². The summed E-state index contributed by atoms with van der Waals surface area (Å²) in [6, 6.07) is 18.2. The van der Waals surface area contributed by atoms with Crippen LogP contribution >= 0.6 is 0 Å². The van der Waals surface area contributed by atoms with Gasteiger partial charge in [-0.1, -0.05) is 73.5 Å². The Labute approximate surface area is 123 Å². The third-order valence-corrected chi connectivity index (χ3v) is 4.38. The molecule has 0 heterocycles. The average Bonchev–Trinajstić information content (AvgIpc) is 2.47. The molecule has 0 heteroatoms. The smallest absolute Gasteiger partial charge is 0.00958 e. The Morgan fingerprint density at radius 3 is 1.15 bits per heavy atom. The van der Waals surface area contributed by atoms with Crippen LogP contribution in [0.5, 0.6) is 0 Å². The minimum absolute atomic E-state index is 0.614. The molecule has 0 nitrogen and oxygen atoms in total. The normalized spacial score (nSPS) is 14.0. The van der Waals surface area contributed by atoms with Crippen molar-refractivity contribution in [1.29, 1.82) is 0 Å². The first-order valence-electron chi connectivity index (χ1n) is 7.78. The van der Waals surface area contributed by atoms with Crippen molar-refractivity contribution in [1.82, 2.24) is 0 Å². The summed E-state index contributed by atoms with van der Waals surface area (Å²) >= 11 is 0. The molecule has 0 saturated carbocycles. The number of benzene rings is 2. The first-order valence-corrected chi connectivity index (χ1v) is 7.78. The standard InChI is InChI=1S/C20H26/c1-5-19(17-11-7-15(3)8-12-17)20(6-2)18-13-9-16(4)10-14-18/h7-14,19-20H,5-6H2,1-4H3. The number of rotatable bonds is 5. The summed E-state index contributed by atoms with van der Waals surface area (Å²) in [6.07, 6.45) is 2.38. The van der Waals surface area contributed by atoms with E-state index in [2.05, 4.69) is 76.2 Å². The van der Waals surface area contributed by atoms with Gasteiger partial charge in [-0.3, -0.25) is 0 Å². The van der Waals surface area contributed by atoms with E-state index in [1.807, 2.05) is 0 Å². The first-order chi connectivity index (χ1) is 9.65. The zero-order chi connectivity index (χ0) is 14.5. The molecule has 0 aliphatic heterocycles. The molecule has 2 rings (SSSR count). The molecule has 0 spiro atoms. The Morgan fingerprint density at radius 2 is 0.900 bits per heavy atom. The van der Waals surface area contributed by atoms with Crippen LogP contribution in [-0.2, 0) is 0 Å². The molecule has 0 saturated heterocycles. The first kappa shape index (κ1) is 14.8. The fourth-order valence-electron chi connectivity index (χ4n) is 3.13. The maximum atomic E-state index is 2.31. The maximum absolute atomic E-state index is 2.31. The summed E-state index contributed by atoms with van der Waals surface area (Å²) in [5.74, 6) is 1.23. The summed E-state index contributed by atoms with van der Waals surface area (Å²) < 4.78 is 0. The Hall–Kier alpha value is -1.56. The molecule has 106 valence electrons. The molecular weight excluding hydrogens is 240 g/mol. The molecule has 0 aromatic heterocycles. The molecule has 0 aliphatic rings. The van der Waals surface area contributed by atoms with Gasteiger partial charge in [0.25, 0.3) is 0 Å². The van der Waals surface area contributed by atoms with Crippen LogP contribution in [0.3, 0.4) is 0 Å². The van der Waals surface area contributed by atoms with Crippen molar-refractivity contribution < 1.29 is 0 Å². The lowest BCUT2D eigenvalue weighted by Gasteiger charge is -2.26. The van der Waals surface area contributed by atoms with Gasteiger partial charge in [-0.2, -0.15) is 0 Å². The predicted octanol–water partition coefficient (Wildman–Crippen LogP) is 5.99. The zero-order valence-corrected chi connectivity index (χ0v) is 13.2. The van der Waals surface area contributed by atoms with Crippen molar-refractivity contribution in [3.63, 3.8) is 0 Å². The topological polar surface area (TPSA) is 0 Å². The fraction of sp³-hybridized carbons (Fsp3) is 0.400. The number of hydrogen-bond acceptors (Lipinski definition) is 0. The van der Waals surface area contributed by atoms with Crippen LogP contribution in [0.25, 0.3) is 0 Å². The lowest BCUT2D eigenvalue weighted by atomic mass is 9.78. The van der Waals surface area contributed by atoms with Crippen molar-refractivity contribution in [3.8, 4) is 0 Å². The molecule has 0 bridgehead atoms. The van der Waals surface area contributed by atoms with Gasteiger partial charge in [0.1, 0.15) is 0 Å². The molecule has 2 atom stereocenters. The Balaban J connectivity index is 2.32. The van der Waals surface area contributed by atoms with Crippen molar-refractivity contribution in [3.05, 3.63) is 70.8 Å². The lowest BCUT2D eigenvalue weighted by molar-refractivity contribution is 0.510. The molecular formula is C20H26. The van der Waals surface area contributed by atoms with Gasteiger partial charge in [0.05, 0.1) is 0 Å². The molecule has 0 radical (unpaired) electrons. The van der Waals surface area contributed by atoms with E-state index in [9.17, 15) is 0 Å². The summed E-state index contributed by atoms with van der Waals surface area (Å²) in [7, 11) is 0. The van der Waals surface area contributed by atoms with E-state index < -0.39 is 0 Å². The average molecular weight is 266 g/mol. The molecule has 0 fully saturated rings. The Morgan fingerprint density at radius 1 is 0.600 bits per heavy atom. The van der Waals surface area contributed by atoms with Crippen LogP contribution in [-0.4, -0.2) is 0 Å². The second-order valence-corrected chi connectivity index (χ2v) is 5.85. The molecule has 0 amide bonds. The third kappa shape index (κ3) is 3.30. The highest BCUT2D eigenvalue weighted by Crippen LogP contribution is 2.37. The van der Waals surface area contributed by atoms with Gasteiger partial charge >= 0.3 is 0 Å². The van der Waals surface area contributed by atoms with Gasteiger partial charge in [0.15, 0.2) is 0 Å². The van der Waals surface area contributed by atoms with E-state index in [0.29, 0.717) is 11.8 Å². The van der Waals surface area contributed by atoms with Gasteiger partial charge in [0.2, 0.25) is 0 Å². The van der Waals surface area contributed by atoms with Crippen LogP contribution in [0.15, 0.2) is 48.5 Å². The van der Waals surface area contributed by atoms with Gasteiger partial charge < -0.3 is 0 Å². The maximum Gasteiger partial charge on any atom is -0.00958 e. The highest BCUT2D eigenvalue weighted by atomic mass is 14.3. The Bertz CT molecular complexity index is 467. The lowest BCUT2D eigenvalue weighted by Crippen LogP contribution is -2.10. The van der Waals surface area contributed by atoms with Crippen LogP contribution < -0.4 is 0 Å². The van der Waals surface area contributed by atoms with Crippen LogP contribution in [0.4, 0.5) is 0 Å². The molecule has 2 aromatic carbocycles. The summed E-state index contributed by atoms with van der Waals surface area (Å²) in [6.45, 7) is 8.92. The van der Waals surface area contributed by atoms with E-state index in [0.717, 1.165) is 0 Å². The number of aryl methyl sites for hydroxylation is 2. The van der Waals surface area contributed by atoms with Crippen molar-refractivity contribution in [2.75, 3.05) is 0 Å². The van der Waals surface area contributed by atoms with E-state index >= 15 is 0 Å². The van der Waals surface area contributed by atoms with Gasteiger partial charge in [-0.15, -0.1) is 0 Å². The molecule has 2 aromatic rings. The predicted molar refractivity (Wildman–Crippen MR) is 88.4 cm³/mol. The van der Waals surface area contributed by atoms with Crippen LogP contribution in [0.1, 0.15) is 60.8 Å². The van der Waals surface area contributed by atoms with Gasteiger partial charge in [-0.05, 0) is 49.7 Å². The van der Waals surface area contributed by atoms with E-state index in [1.165, 1.54) is 35.1 Å². The van der Waals surface area contributed by atoms with Crippen molar-refractivity contribution >= 4 is 0 Å².